The highest BCUT2D eigenvalue weighted by molar-refractivity contribution is 7.99. The summed E-state index contributed by atoms with van der Waals surface area (Å²) in [5.41, 5.74) is 5.94. The number of alkyl carbamates (subject to hydrolysis) is 1. The molecule has 0 saturated carbocycles. The molecule has 13 heteroatoms. The first kappa shape index (κ1) is 39.4. The number of likely N-dealkylation sites (tertiary alicyclic amines) is 1. The molecule has 5 unspecified atom stereocenters. The van der Waals surface area contributed by atoms with Gasteiger partial charge in [-0.05, 0) is 51.6 Å². The smallest absolute Gasteiger partial charge is 0.408 e. The average molecular weight is 788 g/mol. The number of aliphatic hydroxyl groups excluding tert-OH is 1. The summed E-state index contributed by atoms with van der Waals surface area (Å²) < 4.78 is 18.4. The number of aromatic nitrogens is 1. The Labute approximate surface area is 333 Å². The van der Waals surface area contributed by atoms with Crippen molar-refractivity contribution in [2.45, 2.75) is 62.7 Å². The van der Waals surface area contributed by atoms with Crippen LogP contribution in [-0.2, 0) is 43.6 Å². The number of carbonyl (C=O) groups is 4. The molecule has 2 aliphatic rings. The summed E-state index contributed by atoms with van der Waals surface area (Å²) in [7, 11) is 0. The third-order valence-electron chi connectivity index (χ3n) is 10.0. The molecule has 57 heavy (non-hydrogen) atoms. The van der Waals surface area contributed by atoms with Crippen LogP contribution >= 0.6 is 11.8 Å². The Morgan fingerprint density at radius 2 is 1.60 bits per heavy atom. The van der Waals surface area contributed by atoms with Crippen LogP contribution in [-0.4, -0.2) is 61.9 Å². The van der Waals surface area contributed by atoms with Crippen molar-refractivity contribution in [2.75, 3.05) is 5.75 Å². The number of carboxylic acid groups (broad SMARTS) is 1. The second-order valence-corrected chi connectivity index (χ2v) is 14.9. The quantitative estimate of drug-likeness (QED) is 0.0826. The van der Waals surface area contributed by atoms with Crippen molar-refractivity contribution < 1.29 is 43.6 Å². The molecule has 4 aromatic carbocycles. The molecule has 1 aromatic heterocycles. The van der Waals surface area contributed by atoms with Crippen LogP contribution in [0.15, 0.2) is 126 Å². The number of carboxylic acids is 1. The van der Waals surface area contributed by atoms with Gasteiger partial charge in [0.2, 0.25) is 5.91 Å². The Bertz CT molecular complexity index is 2220. The van der Waals surface area contributed by atoms with Crippen molar-refractivity contribution in [1.82, 2.24) is 15.2 Å². The van der Waals surface area contributed by atoms with Crippen molar-refractivity contribution in [2.24, 2.45) is 5.92 Å². The van der Waals surface area contributed by atoms with Gasteiger partial charge in [0.05, 0.1) is 37.3 Å². The van der Waals surface area contributed by atoms with Crippen molar-refractivity contribution in [3.05, 3.63) is 155 Å². The van der Waals surface area contributed by atoms with E-state index in [1.165, 1.54) is 17.8 Å². The molecule has 0 spiro atoms. The zero-order valence-corrected chi connectivity index (χ0v) is 31.8. The predicted octanol–water partition coefficient (Wildman–Crippen LogP) is 7.08. The lowest BCUT2D eigenvalue weighted by Crippen LogP contribution is -2.41. The lowest BCUT2D eigenvalue weighted by molar-refractivity contribution is -0.268. The molecule has 3 amide bonds. The Morgan fingerprint density at radius 3 is 2.33 bits per heavy atom. The summed E-state index contributed by atoms with van der Waals surface area (Å²) in [4.78, 5) is 55.8. The van der Waals surface area contributed by atoms with Gasteiger partial charge in [0.1, 0.15) is 17.7 Å². The van der Waals surface area contributed by atoms with Crippen LogP contribution < -0.4 is 5.32 Å². The predicted molar refractivity (Wildman–Crippen MR) is 210 cm³/mol. The Hall–Kier alpha value is -5.86. The first-order chi connectivity index (χ1) is 27.7. The van der Waals surface area contributed by atoms with Crippen LogP contribution in [0.5, 0.6) is 0 Å². The first-order valence-corrected chi connectivity index (χ1v) is 19.5. The van der Waals surface area contributed by atoms with Crippen molar-refractivity contribution in [3.63, 3.8) is 0 Å². The Kier molecular flexibility index (Phi) is 12.4. The summed E-state index contributed by atoms with van der Waals surface area (Å²) in [5, 5.41) is 22.2. The number of rotatable bonds is 13. The molecular formula is C44H41N3O9S. The summed E-state index contributed by atoms with van der Waals surface area (Å²) in [6, 6.07) is 34.2. The molecular weight excluding hydrogens is 747 g/mol. The van der Waals surface area contributed by atoms with E-state index in [9.17, 15) is 29.4 Å². The fourth-order valence-electron chi connectivity index (χ4n) is 6.87. The van der Waals surface area contributed by atoms with Crippen LogP contribution in [0.2, 0.25) is 0 Å². The lowest BCUT2D eigenvalue weighted by Gasteiger charge is -2.41. The molecule has 3 N–H and O–H groups in total. The van der Waals surface area contributed by atoms with Gasteiger partial charge >= 0.3 is 12.1 Å². The number of amides is 3. The van der Waals surface area contributed by atoms with Gasteiger partial charge in [-0.3, -0.25) is 14.5 Å². The van der Waals surface area contributed by atoms with E-state index < -0.39 is 30.3 Å². The van der Waals surface area contributed by atoms with Gasteiger partial charge < -0.3 is 29.7 Å². The molecule has 5 aromatic rings. The number of pyridine rings is 1. The van der Waals surface area contributed by atoms with E-state index in [1.54, 1.807) is 12.3 Å². The molecule has 3 heterocycles. The van der Waals surface area contributed by atoms with Crippen molar-refractivity contribution >= 4 is 35.6 Å². The van der Waals surface area contributed by atoms with E-state index in [0.29, 0.717) is 10.8 Å². The number of hydrogen-bond donors (Lipinski definition) is 3. The molecule has 2 aliphatic heterocycles. The van der Waals surface area contributed by atoms with Crippen LogP contribution in [0, 0.1) is 5.92 Å². The molecule has 2 fully saturated rings. The van der Waals surface area contributed by atoms with Crippen LogP contribution in [0.25, 0.3) is 11.1 Å². The number of imide groups is 1. The number of carbonyl (C=O) groups excluding carboxylic acids is 3. The number of nitrogens with one attached hydrogen (secondary N) is 1. The minimum Gasteiger partial charge on any atom is -0.478 e. The van der Waals surface area contributed by atoms with E-state index in [1.807, 2.05) is 110 Å². The van der Waals surface area contributed by atoms with E-state index in [-0.39, 0.29) is 55.8 Å². The Morgan fingerprint density at radius 1 is 0.860 bits per heavy atom. The van der Waals surface area contributed by atoms with E-state index in [4.69, 9.17) is 14.2 Å². The molecule has 2 saturated heterocycles. The van der Waals surface area contributed by atoms with E-state index in [0.717, 1.165) is 43.8 Å². The summed E-state index contributed by atoms with van der Waals surface area (Å²) in [6.45, 7) is 2.07. The number of aromatic carboxylic acids is 1. The third kappa shape index (κ3) is 9.41. The minimum atomic E-state index is -1.05. The Balaban J connectivity index is 1.03. The average Bonchev–Trinajstić information content (AvgIpc) is 3.50. The molecule has 5 atom stereocenters. The number of ether oxygens (including phenoxy) is 3. The molecule has 292 valence electrons. The number of nitrogens with zero attached hydrogens (tertiary/aromatic N) is 2. The topological polar surface area (TPSA) is 165 Å². The maximum atomic E-state index is 13.2. The molecule has 0 radical (unpaired) electrons. The van der Waals surface area contributed by atoms with E-state index in [2.05, 4.69) is 10.3 Å². The first-order valence-electron chi connectivity index (χ1n) is 18.5. The molecule has 7 rings (SSSR count). The second-order valence-electron chi connectivity index (χ2n) is 13.9. The molecule has 0 aliphatic carbocycles. The zero-order chi connectivity index (χ0) is 39.9. The highest BCUT2D eigenvalue weighted by Crippen LogP contribution is 2.43. The van der Waals surface area contributed by atoms with Gasteiger partial charge in [-0.1, -0.05) is 104 Å². The van der Waals surface area contributed by atoms with Crippen LogP contribution in [0.1, 0.15) is 63.9 Å². The van der Waals surface area contributed by atoms with Gasteiger partial charge in [0.15, 0.2) is 6.29 Å². The van der Waals surface area contributed by atoms with Gasteiger partial charge in [0.25, 0.3) is 5.91 Å². The second kappa shape index (κ2) is 17.9. The van der Waals surface area contributed by atoms with Crippen LogP contribution in [0.3, 0.4) is 0 Å². The van der Waals surface area contributed by atoms with Gasteiger partial charge in [0, 0.05) is 23.4 Å². The fraction of sp³-hybridized carbons (Fsp3) is 0.250. The van der Waals surface area contributed by atoms with Crippen LogP contribution in [0.4, 0.5) is 4.79 Å². The number of hydrogen-bond acceptors (Lipinski definition) is 10. The van der Waals surface area contributed by atoms with E-state index >= 15 is 0 Å². The standard InChI is InChI=1S/C44H41N3O9S/c1-27-37(26-57-40-35(42(51)52)11-6-20-45-40)55-43(56-39(27)32-14-12-28(24-48)13-15-32)33-18-16-31(17-19-33)34-10-5-9-30(21-34)23-47-38(49)22-36(41(47)50)46-44(53)54-25-29-7-3-2-4-8-29/h2-21,27,36-37,39,43,48H,22-26H2,1H3,(H,46,53)(H,51,52). The third-order valence-corrected chi connectivity index (χ3v) is 11.1. The number of aliphatic hydroxyl groups is 1. The van der Waals surface area contributed by atoms with Gasteiger partial charge in [-0.2, -0.15) is 0 Å². The highest BCUT2D eigenvalue weighted by atomic mass is 32.2. The number of thioether (sulfide) groups is 1. The molecule has 12 nitrogen and oxygen atoms in total. The lowest BCUT2D eigenvalue weighted by atomic mass is 9.91. The van der Waals surface area contributed by atoms with Gasteiger partial charge in [-0.15, -0.1) is 11.8 Å². The fourth-order valence-corrected chi connectivity index (χ4v) is 8.02. The SMILES string of the molecule is CC1C(CSc2ncccc2C(=O)O)OC(c2ccc(-c3cccc(CN4C(=O)CC(NC(=O)OCc5ccccc5)C4=O)c3)cc2)OC1c1ccc(CO)cc1. The summed E-state index contributed by atoms with van der Waals surface area (Å²) in [6.07, 6.45) is -0.764. The monoisotopic (exact) mass is 787 g/mol. The van der Waals surface area contributed by atoms with Crippen molar-refractivity contribution in [3.8, 4) is 11.1 Å². The number of benzene rings is 4. The maximum Gasteiger partial charge on any atom is 0.408 e. The normalized spacial score (nSPS) is 20.7. The largest absolute Gasteiger partial charge is 0.478 e. The summed E-state index contributed by atoms with van der Waals surface area (Å²) in [5.74, 6) is -1.59. The highest BCUT2D eigenvalue weighted by Gasteiger charge is 2.40. The summed E-state index contributed by atoms with van der Waals surface area (Å²) >= 11 is 1.33. The molecule has 0 bridgehead atoms. The maximum absolute atomic E-state index is 13.2. The minimum absolute atomic E-state index is 0.0448. The van der Waals surface area contributed by atoms with Crippen molar-refractivity contribution in [1.29, 1.82) is 0 Å². The van der Waals surface area contributed by atoms with Gasteiger partial charge in [-0.25, -0.2) is 14.6 Å². The zero-order valence-electron chi connectivity index (χ0n) is 31.0.